The summed E-state index contributed by atoms with van der Waals surface area (Å²) in [6.07, 6.45) is -67.7. The van der Waals surface area contributed by atoms with Gasteiger partial charge < -0.3 is 228 Å². The Kier molecular flexibility index (Phi) is 38.4. The molecule has 858 valence electrons. The number of hydrogen-bond acceptors (Lipinski definition) is 49. The molecule has 14 aliphatic rings. The van der Waals surface area contributed by atoms with E-state index in [0.717, 1.165) is 0 Å². The molecular formula is C101H160O49. The maximum atomic E-state index is 16.9. The molecule has 5 aliphatic carbocycles. The summed E-state index contributed by atoms with van der Waals surface area (Å²) in [6, 6.07) is 0. The van der Waals surface area contributed by atoms with E-state index in [2.05, 4.69) is 33.1 Å². The lowest BCUT2D eigenvalue weighted by Gasteiger charge is -2.72. The predicted molar refractivity (Wildman–Crippen MR) is 503 cm³/mol. The molecule has 0 aromatic carbocycles. The molecule has 54 atom stereocenters. The average molecular weight is 2160 g/mol. The maximum Gasteiger partial charge on any atom is 0.336 e. The smallest absolute Gasteiger partial charge is 0.336 e. The first-order valence-corrected chi connectivity index (χ1v) is 51.8. The fraction of sp³-hybridized carbons (Fsp3) is 0.871. The van der Waals surface area contributed by atoms with Gasteiger partial charge in [0, 0.05) is 17.4 Å². The Bertz CT molecular complexity index is 4630. The third-order valence-electron chi connectivity index (χ3n) is 35.3. The average Bonchev–Trinajstić information content (AvgIpc) is 0.718. The zero-order valence-corrected chi connectivity index (χ0v) is 86.5. The number of ether oxygens (including phenoxy) is 20. The van der Waals surface area contributed by atoms with Gasteiger partial charge in [0.25, 0.3) is 0 Å². The summed E-state index contributed by atoms with van der Waals surface area (Å²) in [4.78, 5) is 45.7. The van der Waals surface area contributed by atoms with Crippen LogP contribution in [0.3, 0.4) is 0 Å². The molecule has 49 nitrogen and oxygen atoms in total. The molecule has 26 N–H and O–H groups in total. The van der Waals surface area contributed by atoms with Crippen LogP contribution in [0.1, 0.15) is 167 Å². The summed E-state index contributed by atoms with van der Waals surface area (Å²) in [5.74, 6) is -4.70. The van der Waals surface area contributed by atoms with Gasteiger partial charge in [0.05, 0.1) is 93.5 Å². The van der Waals surface area contributed by atoms with Gasteiger partial charge in [0.15, 0.2) is 62.5 Å². The molecule has 4 saturated carbocycles. The minimum Gasteiger partial charge on any atom is -0.458 e. The van der Waals surface area contributed by atoms with E-state index >= 15 is 9.59 Å². The molecule has 9 heterocycles. The van der Waals surface area contributed by atoms with E-state index in [-0.39, 0.29) is 61.5 Å². The summed E-state index contributed by atoms with van der Waals surface area (Å²) in [5.41, 5.74) is -8.73. The number of esters is 3. The largest absolute Gasteiger partial charge is 0.458 e. The Morgan fingerprint density at radius 2 is 0.887 bits per heavy atom. The van der Waals surface area contributed by atoms with Gasteiger partial charge in [0.2, 0.25) is 6.29 Å². The minimum atomic E-state index is -2.30. The number of aliphatic hydroxyl groups excluding tert-OH is 26. The van der Waals surface area contributed by atoms with Crippen LogP contribution in [0.15, 0.2) is 60.3 Å². The molecule has 0 amide bonds. The van der Waals surface area contributed by atoms with E-state index in [9.17, 15) is 138 Å². The van der Waals surface area contributed by atoms with Gasteiger partial charge >= 0.3 is 17.9 Å². The lowest BCUT2D eigenvalue weighted by atomic mass is 9.33. The fourth-order valence-corrected chi connectivity index (χ4v) is 25.4. The fourth-order valence-electron chi connectivity index (χ4n) is 25.4. The van der Waals surface area contributed by atoms with Crippen LogP contribution in [-0.4, -0.2) is 484 Å². The highest BCUT2D eigenvalue weighted by atomic mass is 16.8. The van der Waals surface area contributed by atoms with Crippen molar-refractivity contribution in [1.29, 1.82) is 0 Å². The SMILES string of the molecule is C=C[C@@](C)(CC/C=C(\C)C(=O)O[C@@H]1[C@@H](O)[C@H](O)[C@@H](O[C@@](C)(C=C)CC/C=C(\CO)C(=O)O[C@@H]2C[C@@]3(C(=O)O[C@H]4O[C@@H](CO)[C@H](O)[C@@H](O)[C@@H]4O[C@H]4O[C@@H](C)[C@H](O[C@H]5O[C@H](CO)[C@@H](O)[C@@H]5O)[C@@H](O[C@H]5O[C@@H](CO)[C@H](O)[C@@H](O)[C@@H]5O)[C@@H]4O)[C@H](CC2(C)C)C2=CC[C@H]4[C@]5(C)CC[C@@H](O[C@H]6O[C@@H](CO[C@H]7OC[C@H](O)[C@@H](O)[C@@H]7O[C@H]7OC[C@H](O)[C@@H](O)[C@@H]7O)[C@H](O)[C@@H](O)[C@@H]6O)C(C)(C)[C@H]5CC[C@]4(C)[C@]2(C)C[C@@H]3O)O[C@H]1C)O[C@H]1O[C@@H](C)[C@H](O)[C@@H](O)[C@@H]1O. The monoisotopic (exact) mass is 2160 g/mol. The standard InChI is InChI=1S/C101H160O49/c1-16-96(11,149-89-74(125)65(116)58(109)41(4)134-89)26-18-20-40(3)82(128)143-77-42(5)136-90(75(126)69(77)120)150-97(12,17-2)27-19-21-44(33-102)83(129)141-57-32-101(93(130)148-92-81(68(119)62(113)50(35-104)139-92)147-88-76(127)79(145-87-73(124)66(117)61(112)49(34-103)137-87)78(43(6)135-88)144-86-71(122)63(114)51(36-105)138-86)46(30-94(57,7)8)45-22-23-54-98(13)28-25-56(95(9,10)53(98)24-29-99(54,14)100(45,15)31-55(101)108)142-85-72(123)67(118)64(115)52(140-85)39-133-91-80(60(111)48(107)38-132-91)146-84-70(121)59(110)47(106)37-131-84/h16-17,20-22,41-43,46-81,84-92,102-127H,1-2,18-19,23-39H2,3-15H3/b40-20+,44-21+/t41-,42-,43-,46+,47-,48-,49-,50-,51+,52-,53+,54-,55-,56+,57+,58-,59+,60+,61-,62-,63+,64-,65+,66+,67+,68+,69-,70-,71-,72-,73-,74-,75-,76-,77-,78-,79-,80-,81-,84+,85+,86+,87+,88+,89+,90+,91+,92+,96-,97-,98+,99-,100+,101+/m0/s1. The van der Waals surface area contributed by atoms with E-state index in [1.807, 2.05) is 20.8 Å². The topological polar surface area (TPSA) is 762 Å². The van der Waals surface area contributed by atoms with Crippen LogP contribution in [0, 0.1) is 50.2 Å². The van der Waals surface area contributed by atoms with Crippen LogP contribution >= 0.6 is 0 Å². The first-order chi connectivity index (χ1) is 70.3. The predicted octanol–water partition coefficient (Wildman–Crippen LogP) is -6.57. The Morgan fingerprint density at radius 3 is 1.48 bits per heavy atom. The van der Waals surface area contributed by atoms with Gasteiger partial charge in [-0.05, 0) is 152 Å². The first kappa shape index (κ1) is 121. The highest BCUT2D eigenvalue weighted by molar-refractivity contribution is 5.89. The number of hydrogen-bond donors (Lipinski definition) is 26. The second-order valence-electron chi connectivity index (χ2n) is 45.7. The van der Waals surface area contributed by atoms with Crippen molar-refractivity contribution < 1.29 is 242 Å². The Morgan fingerprint density at radius 1 is 0.427 bits per heavy atom. The third-order valence-corrected chi connectivity index (χ3v) is 35.3. The van der Waals surface area contributed by atoms with Crippen molar-refractivity contribution >= 4 is 17.9 Å². The molecule has 9 saturated heterocycles. The van der Waals surface area contributed by atoms with Crippen molar-refractivity contribution in [3.05, 3.63) is 60.3 Å². The van der Waals surface area contributed by atoms with E-state index in [0.29, 0.717) is 37.7 Å². The Hall–Kier alpha value is -4.61. The van der Waals surface area contributed by atoms with Crippen molar-refractivity contribution in [1.82, 2.24) is 0 Å². The lowest BCUT2D eigenvalue weighted by molar-refractivity contribution is -0.390. The summed E-state index contributed by atoms with van der Waals surface area (Å²) < 4.78 is 121. The molecule has 0 radical (unpaired) electrons. The Balaban J connectivity index is 0.715. The van der Waals surface area contributed by atoms with Crippen molar-refractivity contribution in [3.8, 4) is 0 Å². The third kappa shape index (κ3) is 23.3. The van der Waals surface area contributed by atoms with Crippen LogP contribution in [0.4, 0.5) is 0 Å². The second kappa shape index (κ2) is 47.7. The molecule has 9 aliphatic heterocycles. The lowest BCUT2D eigenvalue weighted by Crippen LogP contribution is -2.70. The molecule has 0 unspecified atom stereocenters. The molecule has 0 aromatic heterocycles. The quantitative estimate of drug-likeness (QED) is 0.00922. The van der Waals surface area contributed by atoms with Gasteiger partial charge in [-0.1, -0.05) is 84.4 Å². The minimum absolute atomic E-state index is 0.0581. The molecular weight excluding hydrogens is 2000 g/mol. The van der Waals surface area contributed by atoms with Crippen molar-refractivity contribution in [2.24, 2.45) is 50.2 Å². The summed E-state index contributed by atoms with van der Waals surface area (Å²) >= 11 is 0. The zero-order chi connectivity index (χ0) is 110. The maximum absolute atomic E-state index is 16.9. The zero-order valence-electron chi connectivity index (χ0n) is 86.5. The Labute approximate surface area is 867 Å². The number of aliphatic hydroxyl groups is 26. The number of carbonyl (C=O) groups excluding carboxylic acids is 3. The van der Waals surface area contributed by atoms with Crippen LogP contribution < -0.4 is 0 Å². The number of rotatable bonds is 35. The van der Waals surface area contributed by atoms with Gasteiger partial charge in [0.1, 0.15) is 182 Å². The highest BCUT2D eigenvalue weighted by Gasteiger charge is 2.74. The number of fused-ring (bicyclic) bond motifs is 7. The highest BCUT2D eigenvalue weighted by Crippen LogP contribution is 2.77. The second-order valence-corrected chi connectivity index (χ2v) is 45.7. The molecule has 14 rings (SSSR count). The van der Waals surface area contributed by atoms with Crippen molar-refractivity contribution in [3.63, 3.8) is 0 Å². The van der Waals surface area contributed by atoms with Crippen LogP contribution in [0.5, 0.6) is 0 Å². The molecule has 0 aromatic rings. The molecule has 150 heavy (non-hydrogen) atoms. The van der Waals surface area contributed by atoms with Crippen LogP contribution in [0.2, 0.25) is 0 Å². The van der Waals surface area contributed by atoms with Crippen molar-refractivity contribution in [2.45, 2.75) is 455 Å². The number of carbonyl (C=O) groups is 3. The number of allylic oxidation sites excluding steroid dienone is 4. The first-order valence-electron chi connectivity index (χ1n) is 51.8. The van der Waals surface area contributed by atoms with Gasteiger partial charge in [-0.15, -0.1) is 13.2 Å². The van der Waals surface area contributed by atoms with E-state index in [1.54, 1.807) is 27.7 Å². The van der Waals surface area contributed by atoms with Crippen LogP contribution in [0.25, 0.3) is 0 Å². The molecule has 13 fully saturated rings. The summed E-state index contributed by atoms with van der Waals surface area (Å²) in [5, 5.41) is 290. The van der Waals surface area contributed by atoms with Gasteiger partial charge in [-0.3, -0.25) is 4.79 Å². The molecule has 0 bridgehead atoms. The van der Waals surface area contributed by atoms with E-state index in [4.69, 9.17) is 94.7 Å². The molecule has 0 spiro atoms. The molecule has 49 heteroatoms. The van der Waals surface area contributed by atoms with Gasteiger partial charge in [-0.25, -0.2) is 9.59 Å². The normalized spacial score (nSPS) is 49.2. The van der Waals surface area contributed by atoms with E-state index in [1.165, 1.54) is 52.0 Å². The van der Waals surface area contributed by atoms with Crippen molar-refractivity contribution in [2.75, 3.05) is 46.2 Å². The summed E-state index contributed by atoms with van der Waals surface area (Å²) in [6.45, 7) is 25.5. The van der Waals surface area contributed by atoms with Gasteiger partial charge in [-0.2, -0.15) is 0 Å². The van der Waals surface area contributed by atoms with E-state index < -0.39 is 397 Å². The summed E-state index contributed by atoms with van der Waals surface area (Å²) in [7, 11) is 0. The van der Waals surface area contributed by atoms with Crippen LogP contribution in [-0.2, 0) is 109 Å².